The van der Waals surface area contributed by atoms with Gasteiger partial charge in [-0.3, -0.25) is 0 Å². The van der Waals surface area contributed by atoms with Gasteiger partial charge in [-0.05, 0) is 49.0 Å². The molecule has 0 amide bonds. The highest BCUT2D eigenvalue weighted by atomic mass is 14.4. The van der Waals surface area contributed by atoms with Gasteiger partial charge in [0.25, 0.3) is 0 Å². The van der Waals surface area contributed by atoms with E-state index in [0.717, 1.165) is 17.8 Å². The van der Waals surface area contributed by atoms with Gasteiger partial charge in [0.05, 0.1) is 0 Å². The molecular weight excluding hydrogens is 132 g/mol. The Balaban J connectivity index is 2.08. The van der Waals surface area contributed by atoms with Crippen LogP contribution in [0.2, 0.25) is 0 Å². The van der Waals surface area contributed by atoms with Crippen LogP contribution < -0.4 is 0 Å². The first kappa shape index (κ1) is 6.05. The minimum absolute atomic E-state index is 0.945. The molecule has 0 N–H and O–H groups in total. The van der Waals surface area contributed by atoms with Crippen LogP contribution >= 0.6 is 0 Å². The van der Waals surface area contributed by atoms with E-state index in [2.05, 4.69) is 18.2 Å². The fourth-order valence-electron chi connectivity index (χ4n) is 3.11. The summed E-state index contributed by atoms with van der Waals surface area (Å²) in [4.78, 5) is 0. The van der Waals surface area contributed by atoms with Gasteiger partial charge in [0, 0.05) is 0 Å². The summed E-state index contributed by atoms with van der Waals surface area (Å²) >= 11 is 0. The molecule has 58 valence electrons. The first-order valence-electron chi connectivity index (χ1n) is 4.82. The molecule has 2 bridgehead atoms. The van der Waals surface area contributed by atoms with E-state index in [1.54, 1.807) is 5.57 Å². The van der Waals surface area contributed by atoms with E-state index in [0.29, 0.717) is 0 Å². The van der Waals surface area contributed by atoms with Crippen molar-refractivity contribution in [2.24, 2.45) is 17.8 Å². The molecule has 3 rings (SSSR count). The van der Waals surface area contributed by atoms with E-state index in [9.17, 15) is 0 Å². The van der Waals surface area contributed by atoms with Crippen molar-refractivity contribution >= 4 is 0 Å². The second kappa shape index (κ2) is 2.00. The quantitative estimate of drug-likeness (QED) is 0.493. The maximum absolute atomic E-state index is 2.46. The maximum Gasteiger partial charge on any atom is -0.0131 e. The summed E-state index contributed by atoms with van der Waals surface area (Å²) in [6.07, 6.45) is 13.0. The van der Waals surface area contributed by atoms with Crippen LogP contribution in [0.25, 0.3) is 0 Å². The van der Waals surface area contributed by atoms with Crippen molar-refractivity contribution in [3.8, 4) is 0 Å². The first-order chi connectivity index (χ1) is 5.43. The van der Waals surface area contributed by atoms with Crippen molar-refractivity contribution in [1.82, 2.24) is 0 Å². The van der Waals surface area contributed by atoms with Crippen LogP contribution in [-0.4, -0.2) is 0 Å². The van der Waals surface area contributed by atoms with Gasteiger partial charge >= 0.3 is 0 Å². The number of hydrogen-bond donors (Lipinski definition) is 0. The Hall–Kier alpha value is -0.520. The second-order valence-corrected chi connectivity index (χ2v) is 4.24. The first-order valence-corrected chi connectivity index (χ1v) is 4.82. The van der Waals surface area contributed by atoms with Gasteiger partial charge < -0.3 is 0 Å². The lowest BCUT2D eigenvalue weighted by atomic mass is 9.80. The number of rotatable bonds is 0. The third-order valence-electron chi connectivity index (χ3n) is 3.64. The molecule has 0 aliphatic heterocycles. The lowest BCUT2D eigenvalue weighted by molar-refractivity contribution is 0.399. The molecule has 1 fully saturated rings. The smallest absolute Gasteiger partial charge is 0.0131 e. The van der Waals surface area contributed by atoms with Crippen LogP contribution in [-0.2, 0) is 0 Å². The molecule has 0 aromatic rings. The van der Waals surface area contributed by atoms with E-state index in [4.69, 9.17) is 0 Å². The zero-order valence-corrected chi connectivity index (χ0v) is 6.79. The minimum atomic E-state index is 0.945. The highest BCUT2D eigenvalue weighted by molar-refractivity contribution is 5.31. The molecule has 0 aromatic heterocycles. The van der Waals surface area contributed by atoms with Crippen molar-refractivity contribution in [2.45, 2.75) is 25.7 Å². The van der Waals surface area contributed by atoms with Gasteiger partial charge in [0.1, 0.15) is 0 Å². The summed E-state index contributed by atoms with van der Waals surface area (Å²) in [5, 5.41) is 0. The van der Waals surface area contributed by atoms with Gasteiger partial charge in [-0.15, -0.1) is 0 Å². The standard InChI is InChI=1S/C11H14/c1-2-9-5-4-8-6-10(3-1)11(9)7-8/h2,4-5,8,10-11H,1,3,6-7H2. The monoisotopic (exact) mass is 146 g/mol. The Labute approximate surface area is 68.0 Å². The van der Waals surface area contributed by atoms with Crippen LogP contribution in [0.15, 0.2) is 23.8 Å². The Morgan fingerprint density at radius 1 is 1.27 bits per heavy atom. The maximum atomic E-state index is 2.46. The molecule has 3 aliphatic rings. The molecule has 11 heavy (non-hydrogen) atoms. The molecule has 0 saturated heterocycles. The molecular formula is C11H14. The lowest BCUT2D eigenvalue weighted by Crippen LogP contribution is -2.13. The van der Waals surface area contributed by atoms with Gasteiger partial charge in [0.15, 0.2) is 0 Å². The van der Waals surface area contributed by atoms with Crippen LogP contribution in [0, 0.1) is 17.8 Å². The van der Waals surface area contributed by atoms with Crippen molar-refractivity contribution < 1.29 is 0 Å². The molecule has 3 atom stereocenters. The summed E-state index contributed by atoms with van der Waals surface area (Å²) in [6, 6.07) is 0. The van der Waals surface area contributed by atoms with E-state index >= 15 is 0 Å². The molecule has 1 saturated carbocycles. The Kier molecular flexibility index (Phi) is 1.10. The van der Waals surface area contributed by atoms with Crippen LogP contribution in [0.3, 0.4) is 0 Å². The molecule has 0 aromatic carbocycles. The summed E-state index contributed by atoms with van der Waals surface area (Å²) in [7, 11) is 0. The molecule has 0 radical (unpaired) electrons. The second-order valence-electron chi connectivity index (χ2n) is 4.24. The number of hydrogen-bond acceptors (Lipinski definition) is 0. The van der Waals surface area contributed by atoms with Gasteiger partial charge in [-0.25, -0.2) is 0 Å². The van der Waals surface area contributed by atoms with E-state index in [1.807, 2.05) is 0 Å². The fraction of sp³-hybridized carbons (Fsp3) is 0.636. The Morgan fingerprint density at radius 2 is 2.27 bits per heavy atom. The van der Waals surface area contributed by atoms with Crippen molar-refractivity contribution in [3.05, 3.63) is 23.8 Å². The highest BCUT2D eigenvalue weighted by Crippen LogP contribution is 2.49. The largest absolute Gasteiger partial charge is 0.0811 e. The van der Waals surface area contributed by atoms with Gasteiger partial charge in [-0.1, -0.05) is 18.2 Å². The average Bonchev–Trinajstić information content (AvgIpc) is 2.42. The fourth-order valence-corrected chi connectivity index (χ4v) is 3.11. The van der Waals surface area contributed by atoms with Gasteiger partial charge in [-0.2, -0.15) is 0 Å². The zero-order valence-electron chi connectivity index (χ0n) is 6.79. The van der Waals surface area contributed by atoms with Crippen molar-refractivity contribution in [3.63, 3.8) is 0 Å². The van der Waals surface area contributed by atoms with E-state index < -0.39 is 0 Å². The van der Waals surface area contributed by atoms with Crippen molar-refractivity contribution in [1.29, 1.82) is 0 Å². The summed E-state index contributed by atoms with van der Waals surface area (Å²) in [6.45, 7) is 0. The van der Waals surface area contributed by atoms with Crippen molar-refractivity contribution in [2.75, 3.05) is 0 Å². The third kappa shape index (κ3) is 0.756. The highest BCUT2D eigenvalue weighted by Gasteiger charge is 2.37. The summed E-state index contributed by atoms with van der Waals surface area (Å²) in [5.41, 5.74) is 1.66. The topological polar surface area (TPSA) is 0 Å². The number of fused-ring (bicyclic) bond motifs is 1. The minimum Gasteiger partial charge on any atom is -0.0811 e. The molecule has 0 nitrogen and oxygen atoms in total. The third-order valence-corrected chi connectivity index (χ3v) is 3.64. The normalized spacial score (nSPS) is 45.8. The number of allylic oxidation sites excluding steroid dienone is 4. The van der Waals surface area contributed by atoms with Crippen LogP contribution in [0.4, 0.5) is 0 Å². The summed E-state index contributed by atoms with van der Waals surface area (Å²) < 4.78 is 0. The van der Waals surface area contributed by atoms with Crippen LogP contribution in [0.1, 0.15) is 25.7 Å². The molecule has 0 heteroatoms. The Morgan fingerprint density at radius 3 is 3.27 bits per heavy atom. The Bertz CT molecular complexity index is 234. The molecule has 0 spiro atoms. The zero-order chi connectivity index (χ0) is 7.26. The van der Waals surface area contributed by atoms with Gasteiger partial charge in [0.2, 0.25) is 0 Å². The van der Waals surface area contributed by atoms with Crippen LogP contribution in [0.5, 0.6) is 0 Å². The van der Waals surface area contributed by atoms with E-state index in [-0.39, 0.29) is 0 Å². The van der Waals surface area contributed by atoms with E-state index in [1.165, 1.54) is 25.7 Å². The average molecular weight is 146 g/mol. The molecule has 3 unspecified atom stereocenters. The molecule has 0 heterocycles. The SMILES string of the molecule is C1=CC2CC3CCC=C1C3C2. The predicted molar refractivity (Wildman–Crippen MR) is 46.2 cm³/mol. The predicted octanol–water partition coefficient (Wildman–Crippen LogP) is 2.92. The molecule has 3 aliphatic carbocycles. The lowest BCUT2D eigenvalue weighted by Gasteiger charge is -2.25. The summed E-state index contributed by atoms with van der Waals surface area (Å²) in [5.74, 6) is 2.97.